The Bertz CT molecular complexity index is 905. The van der Waals surface area contributed by atoms with Gasteiger partial charge in [-0.15, -0.1) is 0 Å². The molecule has 1 aliphatic rings. The van der Waals surface area contributed by atoms with Gasteiger partial charge in [0.15, 0.2) is 5.82 Å². The minimum absolute atomic E-state index is 0.116. The van der Waals surface area contributed by atoms with Crippen LogP contribution in [0.3, 0.4) is 0 Å². The number of urea groups is 1. The Morgan fingerprint density at radius 1 is 1.23 bits per heavy atom. The lowest BCUT2D eigenvalue weighted by molar-refractivity contribution is -0.120. The van der Waals surface area contributed by atoms with Gasteiger partial charge >= 0.3 is 6.03 Å². The predicted molar refractivity (Wildman–Crippen MR) is 114 cm³/mol. The number of benzene rings is 1. The van der Waals surface area contributed by atoms with Crippen LogP contribution in [-0.4, -0.2) is 58.9 Å². The number of carbonyl (C=O) groups is 2. The van der Waals surface area contributed by atoms with E-state index < -0.39 is 11.8 Å². The molecule has 1 saturated heterocycles. The Balaban J connectivity index is 1.60. The molecule has 9 heteroatoms. The molecule has 2 aromatic rings. The van der Waals surface area contributed by atoms with Crippen LogP contribution >= 0.6 is 0 Å². The Kier molecular flexibility index (Phi) is 6.96. The zero-order valence-electron chi connectivity index (χ0n) is 17.2. The number of piperazine rings is 1. The monoisotopic (exact) mass is 414 g/mol. The second-order valence-corrected chi connectivity index (χ2v) is 7.57. The van der Waals surface area contributed by atoms with Crippen molar-refractivity contribution >= 4 is 23.3 Å². The number of nitrogens with one attached hydrogen (secondary N) is 2. The second-order valence-electron chi connectivity index (χ2n) is 7.57. The zero-order valence-corrected chi connectivity index (χ0v) is 17.2. The third-order valence-corrected chi connectivity index (χ3v) is 5.10. The van der Waals surface area contributed by atoms with Gasteiger partial charge in [-0.05, 0) is 32.0 Å². The van der Waals surface area contributed by atoms with Crippen LogP contribution in [-0.2, 0) is 11.3 Å². The Morgan fingerprint density at radius 3 is 2.70 bits per heavy atom. The molecule has 0 bridgehead atoms. The van der Waals surface area contributed by atoms with Crippen LogP contribution in [0.15, 0.2) is 36.5 Å². The van der Waals surface area contributed by atoms with Crippen molar-refractivity contribution in [3.8, 4) is 0 Å². The number of halogens is 1. The summed E-state index contributed by atoms with van der Waals surface area (Å²) in [6.07, 6.45) is 1.54. The number of amides is 3. The zero-order chi connectivity index (χ0) is 21.7. The number of nitrogens with zero attached hydrogens (tertiary/aromatic N) is 3. The number of hydrogen-bond donors (Lipinski definition) is 3. The quantitative estimate of drug-likeness (QED) is 0.672. The first kappa shape index (κ1) is 21.7. The first-order valence-corrected chi connectivity index (χ1v) is 9.84. The topological polar surface area (TPSA) is 104 Å². The molecule has 1 aliphatic heterocycles. The van der Waals surface area contributed by atoms with Gasteiger partial charge in [-0.3, -0.25) is 19.6 Å². The average molecular weight is 414 g/mol. The molecule has 8 nitrogen and oxygen atoms in total. The van der Waals surface area contributed by atoms with E-state index in [1.165, 1.54) is 6.07 Å². The minimum Gasteiger partial charge on any atom is -0.369 e. The van der Waals surface area contributed by atoms with E-state index >= 15 is 0 Å². The number of primary amides is 1. The largest absolute Gasteiger partial charge is 0.369 e. The normalized spacial score (nSPS) is 17.5. The van der Waals surface area contributed by atoms with Gasteiger partial charge in [0.05, 0.1) is 24.1 Å². The molecule has 2 heterocycles. The summed E-state index contributed by atoms with van der Waals surface area (Å²) < 4.78 is 15.0. The Hall–Kier alpha value is -3.04. The van der Waals surface area contributed by atoms with Gasteiger partial charge < -0.3 is 16.4 Å². The average Bonchev–Trinajstić information content (AvgIpc) is 2.68. The fourth-order valence-electron chi connectivity index (χ4n) is 3.52. The van der Waals surface area contributed by atoms with E-state index in [4.69, 9.17) is 5.73 Å². The lowest BCUT2D eigenvalue weighted by atomic mass is 10.1. The number of aryl methyl sites for hydroxylation is 1. The summed E-state index contributed by atoms with van der Waals surface area (Å²) in [5.41, 5.74) is 7.27. The molecule has 0 saturated carbocycles. The van der Waals surface area contributed by atoms with Crippen molar-refractivity contribution in [2.75, 3.05) is 36.8 Å². The van der Waals surface area contributed by atoms with Gasteiger partial charge in [-0.1, -0.05) is 12.1 Å². The van der Waals surface area contributed by atoms with E-state index in [9.17, 15) is 14.0 Å². The van der Waals surface area contributed by atoms with Crippen molar-refractivity contribution in [1.29, 1.82) is 0 Å². The summed E-state index contributed by atoms with van der Waals surface area (Å²) >= 11 is 0. The summed E-state index contributed by atoms with van der Waals surface area (Å²) in [4.78, 5) is 31.6. The maximum absolute atomic E-state index is 15.0. The molecule has 0 unspecified atom stereocenters. The molecule has 4 N–H and O–H groups in total. The molecule has 3 amide bonds. The van der Waals surface area contributed by atoms with E-state index in [-0.39, 0.29) is 24.2 Å². The molecule has 160 valence electrons. The summed E-state index contributed by atoms with van der Waals surface area (Å²) in [5, 5.41) is 5.20. The fraction of sp³-hybridized carbons (Fsp3) is 0.381. The molecule has 1 fully saturated rings. The Labute approximate surface area is 175 Å². The molecule has 0 radical (unpaired) electrons. The number of aromatic nitrogens is 1. The van der Waals surface area contributed by atoms with E-state index in [0.29, 0.717) is 37.4 Å². The SMILES string of the molecule is Cc1ccc(NC(=O)Nc2cccc(CN3CCN(CC(N)=O)[C@@H](C)C3)c2F)cn1. The van der Waals surface area contributed by atoms with Crippen LogP contribution in [0, 0.1) is 12.7 Å². The van der Waals surface area contributed by atoms with Gasteiger partial charge in [0.25, 0.3) is 0 Å². The number of pyridine rings is 1. The van der Waals surface area contributed by atoms with Crippen molar-refractivity contribution in [1.82, 2.24) is 14.8 Å². The van der Waals surface area contributed by atoms with Gasteiger partial charge in [-0.25, -0.2) is 9.18 Å². The molecule has 3 rings (SSSR count). The predicted octanol–water partition coefficient (Wildman–Crippen LogP) is 2.16. The van der Waals surface area contributed by atoms with Crippen molar-refractivity contribution in [3.63, 3.8) is 0 Å². The lowest BCUT2D eigenvalue weighted by Crippen LogP contribution is -2.53. The summed E-state index contributed by atoms with van der Waals surface area (Å²) in [7, 11) is 0. The maximum atomic E-state index is 15.0. The summed E-state index contributed by atoms with van der Waals surface area (Å²) in [6, 6.07) is 8.07. The highest BCUT2D eigenvalue weighted by Gasteiger charge is 2.25. The van der Waals surface area contributed by atoms with Crippen LogP contribution < -0.4 is 16.4 Å². The second kappa shape index (κ2) is 9.64. The summed E-state index contributed by atoms with van der Waals surface area (Å²) in [6.45, 7) is 6.61. The standard InChI is InChI=1S/C21H27FN6O2/c1-14-6-7-17(10-24-14)25-21(30)26-18-5-3-4-16(20(18)22)12-27-8-9-28(13-19(23)29)15(2)11-27/h3-7,10,15H,8-9,11-13H2,1-2H3,(H2,23,29)(H2,25,26,30)/t15-/m0/s1. The van der Waals surface area contributed by atoms with E-state index in [0.717, 1.165) is 5.69 Å². The maximum Gasteiger partial charge on any atom is 0.323 e. The van der Waals surface area contributed by atoms with Crippen LogP contribution in [0.1, 0.15) is 18.2 Å². The molecule has 1 aromatic heterocycles. The van der Waals surface area contributed by atoms with Crippen LogP contribution in [0.25, 0.3) is 0 Å². The number of anilines is 2. The van der Waals surface area contributed by atoms with Gasteiger partial charge in [0.1, 0.15) is 0 Å². The highest BCUT2D eigenvalue weighted by molar-refractivity contribution is 5.99. The molecule has 0 aliphatic carbocycles. The number of carbonyl (C=O) groups excluding carboxylic acids is 2. The van der Waals surface area contributed by atoms with Crippen molar-refractivity contribution in [2.24, 2.45) is 5.73 Å². The van der Waals surface area contributed by atoms with E-state index in [2.05, 4.69) is 20.5 Å². The van der Waals surface area contributed by atoms with Gasteiger partial charge in [0, 0.05) is 43.5 Å². The molecular formula is C21H27FN6O2. The van der Waals surface area contributed by atoms with Crippen LogP contribution in [0.2, 0.25) is 0 Å². The van der Waals surface area contributed by atoms with E-state index in [1.54, 1.807) is 30.5 Å². The number of hydrogen-bond acceptors (Lipinski definition) is 5. The molecular weight excluding hydrogens is 387 g/mol. The third kappa shape index (κ3) is 5.74. The highest BCUT2D eigenvalue weighted by atomic mass is 19.1. The first-order valence-electron chi connectivity index (χ1n) is 9.84. The highest BCUT2D eigenvalue weighted by Crippen LogP contribution is 2.21. The number of rotatable bonds is 6. The molecule has 1 aromatic carbocycles. The fourth-order valence-corrected chi connectivity index (χ4v) is 3.52. The van der Waals surface area contributed by atoms with Crippen molar-refractivity contribution in [3.05, 3.63) is 53.6 Å². The number of nitrogens with two attached hydrogens (primary N) is 1. The van der Waals surface area contributed by atoms with Crippen molar-refractivity contribution < 1.29 is 14.0 Å². The van der Waals surface area contributed by atoms with Gasteiger partial charge in [-0.2, -0.15) is 0 Å². The Morgan fingerprint density at radius 2 is 2.03 bits per heavy atom. The molecule has 1 atom stereocenters. The smallest absolute Gasteiger partial charge is 0.323 e. The van der Waals surface area contributed by atoms with Gasteiger partial charge in [0.2, 0.25) is 5.91 Å². The van der Waals surface area contributed by atoms with Crippen LogP contribution in [0.4, 0.5) is 20.6 Å². The molecule has 0 spiro atoms. The van der Waals surface area contributed by atoms with Crippen LogP contribution in [0.5, 0.6) is 0 Å². The molecule has 30 heavy (non-hydrogen) atoms. The first-order chi connectivity index (χ1) is 14.3. The third-order valence-electron chi connectivity index (χ3n) is 5.10. The van der Waals surface area contributed by atoms with E-state index in [1.807, 2.05) is 18.7 Å². The summed E-state index contributed by atoms with van der Waals surface area (Å²) in [5.74, 6) is -0.804. The van der Waals surface area contributed by atoms with Crippen molar-refractivity contribution in [2.45, 2.75) is 26.4 Å². The minimum atomic E-state index is -0.537. The lowest BCUT2D eigenvalue weighted by Gasteiger charge is -2.39.